The Bertz CT molecular complexity index is 488. The third-order valence-electron chi connectivity index (χ3n) is 2.45. The molecule has 1 heterocycles. The van der Waals surface area contributed by atoms with Gasteiger partial charge in [-0.15, -0.1) is 0 Å². The van der Waals surface area contributed by atoms with Gasteiger partial charge >= 0.3 is 0 Å². The fourth-order valence-corrected chi connectivity index (χ4v) is 1.68. The van der Waals surface area contributed by atoms with Gasteiger partial charge in [0.05, 0.1) is 0 Å². The molecule has 84 valence electrons. The Labute approximate surface area is 93.1 Å². The topological polar surface area (TPSA) is 52.0 Å². The van der Waals surface area contributed by atoms with Crippen molar-refractivity contribution in [1.82, 2.24) is 5.16 Å². The zero-order valence-corrected chi connectivity index (χ0v) is 9.20. The van der Waals surface area contributed by atoms with E-state index in [0.717, 1.165) is 11.1 Å². The van der Waals surface area contributed by atoms with Crippen LogP contribution in [0.3, 0.4) is 0 Å². The van der Waals surface area contributed by atoms with Crippen molar-refractivity contribution in [3.05, 3.63) is 35.6 Å². The van der Waals surface area contributed by atoms with Gasteiger partial charge in [-0.25, -0.2) is 4.39 Å². The second kappa shape index (κ2) is 3.96. The largest absolute Gasteiger partial charge is 0.367 e. The second-order valence-electron chi connectivity index (χ2n) is 3.97. The van der Waals surface area contributed by atoms with Crippen LogP contribution in [0.4, 0.5) is 10.3 Å². The van der Waals surface area contributed by atoms with Gasteiger partial charge in [0.2, 0.25) is 5.88 Å². The lowest BCUT2D eigenvalue weighted by Gasteiger charge is -2.05. The summed E-state index contributed by atoms with van der Waals surface area (Å²) >= 11 is 0. The van der Waals surface area contributed by atoms with E-state index in [1.165, 1.54) is 12.1 Å². The Morgan fingerprint density at radius 2 is 1.88 bits per heavy atom. The average Bonchev–Trinajstić information content (AvgIpc) is 2.61. The summed E-state index contributed by atoms with van der Waals surface area (Å²) in [6.07, 6.45) is 0. The van der Waals surface area contributed by atoms with Crippen LogP contribution in [-0.2, 0) is 0 Å². The normalized spacial score (nSPS) is 11.0. The number of halogens is 1. The highest BCUT2D eigenvalue weighted by Gasteiger charge is 2.18. The fourth-order valence-electron chi connectivity index (χ4n) is 1.68. The minimum Gasteiger partial charge on any atom is -0.367 e. The predicted octanol–water partition coefficient (Wildman–Crippen LogP) is 3.19. The lowest BCUT2D eigenvalue weighted by Crippen LogP contribution is -1.94. The highest BCUT2D eigenvalue weighted by molar-refractivity contribution is 5.67. The molecule has 2 N–H and O–H groups in total. The van der Waals surface area contributed by atoms with Crippen LogP contribution in [0.5, 0.6) is 0 Å². The monoisotopic (exact) mass is 220 g/mol. The van der Waals surface area contributed by atoms with Crippen molar-refractivity contribution >= 4 is 5.88 Å². The standard InChI is InChI=1S/C12H13FN2O/c1-7(2)10-11(15-16-12(10)14)8-3-5-9(13)6-4-8/h3-7H,14H2,1-2H3. The number of hydrogen-bond acceptors (Lipinski definition) is 3. The first-order valence-corrected chi connectivity index (χ1v) is 5.10. The quantitative estimate of drug-likeness (QED) is 0.845. The number of nitrogens with zero attached hydrogens (tertiary/aromatic N) is 1. The number of nitrogen functional groups attached to an aromatic ring is 1. The van der Waals surface area contributed by atoms with Crippen LogP contribution < -0.4 is 5.73 Å². The molecule has 2 rings (SSSR count). The van der Waals surface area contributed by atoms with Gasteiger partial charge in [-0.05, 0) is 30.2 Å². The molecule has 1 aromatic heterocycles. The van der Waals surface area contributed by atoms with E-state index in [2.05, 4.69) is 5.16 Å². The highest BCUT2D eigenvalue weighted by atomic mass is 19.1. The van der Waals surface area contributed by atoms with Crippen molar-refractivity contribution in [1.29, 1.82) is 0 Å². The number of benzene rings is 1. The number of rotatable bonds is 2. The van der Waals surface area contributed by atoms with Crippen molar-refractivity contribution in [2.24, 2.45) is 0 Å². The first-order chi connectivity index (χ1) is 7.59. The van der Waals surface area contributed by atoms with Gasteiger partial charge in [0, 0.05) is 11.1 Å². The van der Waals surface area contributed by atoms with Crippen LogP contribution in [-0.4, -0.2) is 5.16 Å². The van der Waals surface area contributed by atoms with Crippen molar-refractivity contribution in [2.75, 3.05) is 5.73 Å². The first-order valence-electron chi connectivity index (χ1n) is 5.10. The summed E-state index contributed by atoms with van der Waals surface area (Å²) in [5.41, 5.74) is 8.07. The van der Waals surface area contributed by atoms with Gasteiger partial charge in [-0.3, -0.25) is 0 Å². The minimum absolute atomic E-state index is 0.214. The van der Waals surface area contributed by atoms with Crippen LogP contribution in [0.15, 0.2) is 28.8 Å². The number of aromatic nitrogens is 1. The molecule has 0 unspecified atom stereocenters. The molecule has 0 aliphatic rings. The molecule has 0 spiro atoms. The van der Waals surface area contributed by atoms with Gasteiger partial charge in [-0.2, -0.15) is 0 Å². The van der Waals surface area contributed by atoms with Crippen molar-refractivity contribution < 1.29 is 8.91 Å². The molecule has 0 fully saturated rings. The van der Waals surface area contributed by atoms with Gasteiger partial charge in [0.15, 0.2) is 0 Å². The summed E-state index contributed by atoms with van der Waals surface area (Å²) in [4.78, 5) is 0. The Hall–Kier alpha value is -1.84. The summed E-state index contributed by atoms with van der Waals surface area (Å²) in [6, 6.07) is 6.12. The predicted molar refractivity (Wildman–Crippen MR) is 60.4 cm³/mol. The third kappa shape index (κ3) is 1.78. The molecule has 0 saturated carbocycles. The Morgan fingerprint density at radius 3 is 2.44 bits per heavy atom. The number of anilines is 1. The summed E-state index contributed by atoms with van der Waals surface area (Å²) in [5.74, 6) is 0.270. The summed E-state index contributed by atoms with van der Waals surface area (Å²) in [7, 11) is 0. The van der Waals surface area contributed by atoms with Crippen LogP contribution in [0.25, 0.3) is 11.3 Å². The minimum atomic E-state index is -0.272. The molecule has 4 heteroatoms. The molecule has 0 aliphatic carbocycles. The maximum atomic E-state index is 12.8. The molecule has 0 radical (unpaired) electrons. The van der Waals surface area contributed by atoms with Crippen molar-refractivity contribution in [3.63, 3.8) is 0 Å². The maximum Gasteiger partial charge on any atom is 0.226 e. The van der Waals surface area contributed by atoms with Crippen LogP contribution in [0.1, 0.15) is 25.3 Å². The fraction of sp³-hybridized carbons (Fsp3) is 0.250. The molecule has 0 saturated heterocycles. The second-order valence-corrected chi connectivity index (χ2v) is 3.97. The maximum absolute atomic E-state index is 12.8. The molecule has 0 bridgehead atoms. The molecule has 3 nitrogen and oxygen atoms in total. The lowest BCUT2D eigenvalue weighted by atomic mass is 9.99. The van der Waals surface area contributed by atoms with E-state index in [4.69, 9.17) is 10.3 Å². The van der Waals surface area contributed by atoms with Crippen LogP contribution in [0, 0.1) is 5.82 Å². The van der Waals surface area contributed by atoms with E-state index in [9.17, 15) is 4.39 Å². The van der Waals surface area contributed by atoms with Crippen LogP contribution in [0.2, 0.25) is 0 Å². The van der Waals surface area contributed by atoms with E-state index in [0.29, 0.717) is 11.6 Å². The number of nitrogens with two attached hydrogens (primary N) is 1. The molecule has 16 heavy (non-hydrogen) atoms. The summed E-state index contributed by atoms with van der Waals surface area (Å²) in [5, 5.41) is 3.91. The smallest absolute Gasteiger partial charge is 0.226 e. The van der Waals surface area contributed by atoms with E-state index in [1.54, 1.807) is 12.1 Å². The highest BCUT2D eigenvalue weighted by Crippen LogP contribution is 2.32. The van der Waals surface area contributed by atoms with Crippen LogP contribution >= 0.6 is 0 Å². The number of hydrogen-bond donors (Lipinski definition) is 1. The Morgan fingerprint density at radius 1 is 1.25 bits per heavy atom. The Balaban J connectivity index is 2.52. The van der Waals surface area contributed by atoms with E-state index < -0.39 is 0 Å². The lowest BCUT2D eigenvalue weighted by molar-refractivity contribution is 0.438. The zero-order chi connectivity index (χ0) is 11.7. The van der Waals surface area contributed by atoms with Crippen molar-refractivity contribution in [2.45, 2.75) is 19.8 Å². The molecule has 0 atom stereocenters. The molecule has 0 amide bonds. The zero-order valence-electron chi connectivity index (χ0n) is 9.20. The molecular weight excluding hydrogens is 207 g/mol. The van der Waals surface area contributed by atoms with Gasteiger partial charge in [0.1, 0.15) is 11.5 Å². The molecule has 1 aromatic carbocycles. The average molecular weight is 220 g/mol. The third-order valence-corrected chi connectivity index (χ3v) is 2.45. The summed E-state index contributed by atoms with van der Waals surface area (Å²) < 4.78 is 17.8. The molecular formula is C12H13FN2O. The van der Waals surface area contributed by atoms with E-state index >= 15 is 0 Å². The van der Waals surface area contributed by atoms with Gasteiger partial charge in [-0.1, -0.05) is 19.0 Å². The Kier molecular flexibility index (Phi) is 2.64. The van der Waals surface area contributed by atoms with Gasteiger partial charge < -0.3 is 10.3 Å². The van der Waals surface area contributed by atoms with E-state index in [-0.39, 0.29) is 11.7 Å². The van der Waals surface area contributed by atoms with E-state index in [1.807, 2.05) is 13.8 Å². The first kappa shape index (κ1) is 10.7. The van der Waals surface area contributed by atoms with Crippen molar-refractivity contribution in [3.8, 4) is 11.3 Å². The molecule has 0 aliphatic heterocycles. The van der Waals surface area contributed by atoms with Gasteiger partial charge in [0.25, 0.3) is 0 Å². The SMILES string of the molecule is CC(C)c1c(-c2ccc(F)cc2)noc1N. The summed E-state index contributed by atoms with van der Waals surface area (Å²) in [6.45, 7) is 4.02. The molecule has 2 aromatic rings.